The summed E-state index contributed by atoms with van der Waals surface area (Å²) < 4.78 is 14.6. The first-order valence-corrected chi connectivity index (χ1v) is 9.30. The van der Waals surface area contributed by atoms with Gasteiger partial charge in [0, 0.05) is 17.6 Å². The first-order chi connectivity index (χ1) is 11.5. The van der Waals surface area contributed by atoms with Crippen molar-refractivity contribution in [1.29, 1.82) is 0 Å². The van der Waals surface area contributed by atoms with E-state index in [2.05, 4.69) is 20.5 Å². The van der Waals surface area contributed by atoms with Crippen LogP contribution >= 0.6 is 23.1 Å². The molecular weight excluding hydrogens is 347 g/mol. The number of carbonyl (C=O) groups is 1. The minimum Gasteiger partial charge on any atom is -0.356 e. The van der Waals surface area contributed by atoms with Gasteiger partial charge >= 0.3 is 0 Å². The molecule has 2 N–H and O–H groups in total. The smallest absolute Gasteiger partial charge is 0.230 e. The molecule has 0 fully saturated rings. The average molecular weight is 364 g/mol. The Bertz CT molecular complexity index is 874. The summed E-state index contributed by atoms with van der Waals surface area (Å²) in [5.74, 6) is 0.0158. The van der Waals surface area contributed by atoms with Crippen LogP contribution in [0.15, 0.2) is 22.5 Å². The molecule has 0 aliphatic carbocycles. The number of nitrogens with zero attached hydrogens (tertiary/aromatic N) is 2. The molecule has 0 radical (unpaired) electrons. The van der Waals surface area contributed by atoms with Crippen LogP contribution in [-0.2, 0) is 11.2 Å². The van der Waals surface area contributed by atoms with Crippen molar-refractivity contribution >= 4 is 39.9 Å². The topological polar surface area (TPSA) is 70.7 Å². The van der Waals surface area contributed by atoms with Crippen molar-refractivity contribution in [2.45, 2.75) is 24.6 Å². The summed E-state index contributed by atoms with van der Waals surface area (Å²) in [5, 5.41) is 12.6. The largest absolute Gasteiger partial charge is 0.356 e. The molecule has 2 aromatic heterocycles. The molecule has 5 nitrogen and oxygen atoms in total. The van der Waals surface area contributed by atoms with Gasteiger partial charge in [-0.2, -0.15) is 0 Å². The van der Waals surface area contributed by atoms with Gasteiger partial charge in [0.1, 0.15) is 10.8 Å². The fourth-order valence-electron chi connectivity index (χ4n) is 2.53. The van der Waals surface area contributed by atoms with Crippen LogP contribution in [0.25, 0.3) is 10.9 Å². The Balaban J connectivity index is 1.54. The fourth-order valence-corrected chi connectivity index (χ4v) is 4.18. The first kappa shape index (κ1) is 16.9. The predicted octanol–water partition coefficient (Wildman–Crippen LogP) is 3.23. The van der Waals surface area contributed by atoms with Gasteiger partial charge in [-0.3, -0.25) is 4.79 Å². The Morgan fingerprint density at radius 1 is 1.38 bits per heavy atom. The maximum atomic E-state index is 13.8. The van der Waals surface area contributed by atoms with Gasteiger partial charge in [0.05, 0.1) is 11.3 Å². The highest BCUT2D eigenvalue weighted by Gasteiger charge is 2.12. The molecule has 126 valence electrons. The molecule has 24 heavy (non-hydrogen) atoms. The number of amides is 1. The number of aromatic amines is 1. The van der Waals surface area contributed by atoms with Crippen LogP contribution in [0.4, 0.5) is 4.39 Å². The van der Waals surface area contributed by atoms with Crippen molar-refractivity contribution in [3.63, 3.8) is 0 Å². The van der Waals surface area contributed by atoms with Gasteiger partial charge in [0.25, 0.3) is 0 Å². The van der Waals surface area contributed by atoms with Crippen LogP contribution in [-0.4, -0.2) is 33.4 Å². The van der Waals surface area contributed by atoms with E-state index in [1.165, 1.54) is 29.2 Å². The van der Waals surface area contributed by atoms with E-state index in [0.717, 1.165) is 26.0 Å². The lowest BCUT2D eigenvalue weighted by molar-refractivity contribution is -0.118. The summed E-state index contributed by atoms with van der Waals surface area (Å²) in [6.07, 6.45) is 0.656. The molecule has 1 amide bonds. The lowest BCUT2D eigenvalue weighted by Crippen LogP contribution is -2.27. The molecule has 3 rings (SSSR count). The lowest BCUT2D eigenvalue weighted by Gasteiger charge is -2.05. The summed E-state index contributed by atoms with van der Waals surface area (Å²) >= 11 is 2.86. The second kappa shape index (κ2) is 7.31. The summed E-state index contributed by atoms with van der Waals surface area (Å²) in [6, 6.07) is 5.04. The number of aryl methyl sites for hydroxylation is 2. The molecular formula is C16H17FN4OS2. The predicted molar refractivity (Wildman–Crippen MR) is 95.1 cm³/mol. The number of benzene rings is 1. The summed E-state index contributed by atoms with van der Waals surface area (Å²) in [7, 11) is 0. The van der Waals surface area contributed by atoms with Gasteiger partial charge in [0.15, 0.2) is 4.34 Å². The van der Waals surface area contributed by atoms with Crippen LogP contribution in [0, 0.1) is 19.7 Å². The van der Waals surface area contributed by atoms with E-state index in [4.69, 9.17) is 0 Å². The molecule has 0 aliphatic rings. The number of rotatable bonds is 6. The van der Waals surface area contributed by atoms with E-state index in [9.17, 15) is 9.18 Å². The number of H-pyrrole nitrogens is 1. The van der Waals surface area contributed by atoms with E-state index in [0.29, 0.717) is 24.2 Å². The molecule has 0 atom stereocenters. The van der Waals surface area contributed by atoms with Crippen molar-refractivity contribution < 1.29 is 9.18 Å². The number of para-hydroxylation sites is 1. The van der Waals surface area contributed by atoms with E-state index >= 15 is 0 Å². The Hall–Kier alpha value is -1.93. The molecule has 0 aliphatic heterocycles. The van der Waals surface area contributed by atoms with Crippen molar-refractivity contribution in [1.82, 2.24) is 20.5 Å². The molecule has 8 heteroatoms. The number of halogens is 1. The van der Waals surface area contributed by atoms with Crippen LogP contribution in [0.3, 0.4) is 0 Å². The van der Waals surface area contributed by atoms with Crippen LogP contribution in [0.5, 0.6) is 0 Å². The summed E-state index contributed by atoms with van der Waals surface area (Å²) in [4.78, 5) is 15.0. The maximum Gasteiger partial charge on any atom is 0.230 e. The second-order valence-corrected chi connectivity index (χ2v) is 7.77. The van der Waals surface area contributed by atoms with Crippen LogP contribution in [0.2, 0.25) is 0 Å². The number of hydrogen-bond acceptors (Lipinski definition) is 5. The third-order valence-electron chi connectivity index (χ3n) is 3.64. The molecule has 0 spiro atoms. The Morgan fingerprint density at radius 3 is 2.96 bits per heavy atom. The molecule has 1 aromatic carbocycles. The van der Waals surface area contributed by atoms with E-state index < -0.39 is 0 Å². The van der Waals surface area contributed by atoms with Gasteiger partial charge in [0.2, 0.25) is 5.91 Å². The fraction of sp³-hybridized carbons (Fsp3) is 0.312. The quantitative estimate of drug-likeness (QED) is 0.659. The molecule has 0 unspecified atom stereocenters. The zero-order valence-electron chi connectivity index (χ0n) is 13.4. The molecule has 0 bridgehead atoms. The van der Waals surface area contributed by atoms with E-state index in [1.54, 1.807) is 6.07 Å². The summed E-state index contributed by atoms with van der Waals surface area (Å²) in [5.41, 5.74) is 2.50. The van der Waals surface area contributed by atoms with Crippen molar-refractivity contribution in [3.05, 3.63) is 40.3 Å². The third-order valence-corrected chi connectivity index (χ3v) is 5.61. The lowest BCUT2D eigenvalue weighted by atomic mass is 10.1. The average Bonchev–Trinajstić information content (AvgIpc) is 3.10. The Morgan fingerprint density at radius 2 is 2.21 bits per heavy atom. The SMILES string of the molecule is Cc1nnc(SCC(=O)NCCc2c(C)[nH]c3c(F)cccc23)s1. The van der Waals surface area contributed by atoms with Gasteiger partial charge in [-0.25, -0.2) is 4.39 Å². The highest BCUT2D eigenvalue weighted by atomic mass is 32.2. The minimum absolute atomic E-state index is 0.0449. The maximum absolute atomic E-state index is 13.8. The van der Waals surface area contributed by atoms with Gasteiger partial charge in [-0.1, -0.05) is 35.2 Å². The minimum atomic E-state index is -0.255. The Kier molecular flexibility index (Phi) is 5.15. The monoisotopic (exact) mass is 364 g/mol. The standard InChI is InChI=1S/C16H17FN4OS2/c1-9-11(12-4-3-5-13(17)15(12)19-9)6-7-18-14(22)8-23-16-21-20-10(2)24-16/h3-5,19H,6-8H2,1-2H3,(H,18,22). The number of carbonyl (C=O) groups excluding carboxylic acids is 1. The van der Waals surface area contributed by atoms with Gasteiger partial charge in [-0.15, -0.1) is 10.2 Å². The van der Waals surface area contributed by atoms with Gasteiger partial charge < -0.3 is 10.3 Å². The molecule has 0 saturated heterocycles. The molecule has 2 heterocycles. The van der Waals surface area contributed by atoms with Crippen LogP contribution in [0.1, 0.15) is 16.3 Å². The Labute approximate surface area is 147 Å². The number of thioether (sulfide) groups is 1. The van der Waals surface area contributed by atoms with E-state index in [-0.39, 0.29) is 11.7 Å². The highest BCUT2D eigenvalue weighted by molar-refractivity contribution is 8.01. The first-order valence-electron chi connectivity index (χ1n) is 7.50. The normalized spacial score (nSPS) is 11.1. The summed E-state index contributed by atoms with van der Waals surface area (Å²) in [6.45, 7) is 4.32. The van der Waals surface area contributed by atoms with Gasteiger partial charge in [-0.05, 0) is 31.9 Å². The number of nitrogens with one attached hydrogen (secondary N) is 2. The number of aromatic nitrogens is 3. The number of fused-ring (bicyclic) bond motifs is 1. The van der Waals surface area contributed by atoms with Crippen LogP contribution < -0.4 is 5.32 Å². The van der Waals surface area contributed by atoms with Crippen molar-refractivity contribution in [3.8, 4) is 0 Å². The molecule has 0 saturated carbocycles. The zero-order valence-corrected chi connectivity index (χ0v) is 15.0. The van der Waals surface area contributed by atoms with Crippen molar-refractivity contribution in [2.24, 2.45) is 0 Å². The zero-order chi connectivity index (χ0) is 17.1. The second-order valence-electron chi connectivity index (χ2n) is 5.37. The number of hydrogen-bond donors (Lipinski definition) is 2. The van der Waals surface area contributed by atoms with Crippen molar-refractivity contribution in [2.75, 3.05) is 12.3 Å². The van der Waals surface area contributed by atoms with E-state index in [1.807, 2.05) is 19.9 Å². The molecule has 3 aromatic rings. The highest BCUT2D eigenvalue weighted by Crippen LogP contribution is 2.24. The third kappa shape index (κ3) is 3.76.